The summed E-state index contributed by atoms with van der Waals surface area (Å²) in [5, 5.41) is 12.4. The monoisotopic (exact) mass is 600 g/mol. The SMILES string of the molecule is COC(=O)c1ccccc1S(=O)(=O)N1CCC(C(=O)Nc2nnc(SCc3c(Cl)cccc3Cl)s2)CC1. The van der Waals surface area contributed by atoms with Gasteiger partial charge in [-0.15, -0.1) is 10.2 Å². The van der Waals surface area contributed by atoms with Crippen molar-refractivity contribution in [3.63, 3.8) is 0 Å². The second kappa shape index (κ2) is 12.1. The first kappa shape index (κ1) is 27.8. The third kappa shape index (κ3) is 6.44. The molecule has 0 radical (unpaired) electrons. The first-order valence-corrected chi connectivity index (χ1v) is 15.1. The number of nitrogens with one attached hydrogen (secondary N) is 1. The molecule has 196 valence electrons. The average molecular weight is 602 g/mol. The van der Waals surface area contributed by atoms with Crippen LogP contribution >= 0.6 is 46.3 Å². The van der Waals surface area contributed by atoms with Crippen molar-refractivity contribution in [2.45, 2.75) is 27.8 Å². The van der Waals surface area contributed by atoms with E-state index in [-0.39, 0.29) is 35.4 Å². The van der Waals surface area contributed by atoms with Gasteiger partial charge in [-0.25, -0.2) is 13.2 Å². The van der Waals surface area contributed by atoms with Crippen LogP contribution in [0.15, 0.2) is 51.7 Å². The van der Waals surface area contributed by atoms with Crippen molar-refractivity contribution in [2.75, 3.05) is 25.5 Å². The zero-order valence-corrected chi connectivity index (χ0v) is 23.5. The van der Waals surface area contributed by atoms with Gasteiger partial charge in [-0.1, -0.05) is 64.5 Å². The number of nitrogens with zero attached hydrogens (tertiary/aromatic N) is 3. The molecule has 1 N–H and O–H groups in total. The molecule has 0 aliphatic carbocycles. The lowest BCUT2D eigenvalue weighted by atomic mass is 9.97. The number of benzene rings is 2. The van der Waals surface area contributed by atoms with Crippen LogP contribution in [0.1, 0.15) is 28.8 Å². The average Bonchev–Trinajstić information content (AvgIpc) is 3.35. The number of piperidine rings is 1. The van der Waals surface area contributed by atoms with Crippen molar-refractivity contribution >= 4 is 73.3 Å². The summed E-state index contributed by atoms with van der Waals surface area (Å²) in [6, 6.07) is 11.2. The van der Waals surface area contributed by atoms with Crippen LogP contribution < -0.4 is 5.32 Å². The van der Waals surface area contributed by atoms with Crippen LogP contribution in [0.3, 0.4) is 0 Å². The molecular weight excluding hydrogens is 579 g/mol. The summed E-state index contributed by atoms with van der Waals surface area (Å²) in [4.78, 5) is 24.7. The van der Waals surface area contributed by atoms with Crippen molar-refractivity contribution in [1.29, 1.82) is 0 Å². The number of esters is 1. The highest BCUT2D eigenvalue weighted by Gasteiger charge is 2.34. The zero-order valence-electron chi connectivity index (χ0n) is 19.5. The summed E-state index contributed by atoms with van der Waals surface area (Å²) >= 11 is 15.1. The largest absolute Gasteiger partial charge is 0.465 e. The number of halogens is 2. The van der Waals surface area contributed by atoms with Gasteiger partial charge < -0.3 is 10.1 Å². The highest BCUT2D eigenvalue weighted by molar-refractivity contribution is 8.00. The molecule has 0 atom stereocenters. The number of aromatic nitrogens is 2. The van der Waals surface area contributed by atoms with Crippen LogP contribution in [0.5, 0.6) is 0 Å². The summed E-state index contributed by atoms with van der Waals surface area (Å²) in [6.07, 6.45) is 0.660. The minimum absolute atomic E-state index is 0.0217. The number of anilines is 1. The van der Waals surface area contributed by atoms with Gasteiger partial charge in [-0.05, 0) is 42.7 Å². The molecule has 4 rings (SSSR count). The highest BCUT2D eigenvalue weighted by atomic mass is 35.5. The molecular formula is C23H22Cl2N4O5S3. The molecule has 3 aromatic rings. The predicted molar refractivity (Wildman–Crippen MR) is 144 cm³/mol. The van der Waals surface area contributed by atoms with E-state index in [1.807, 2.05) is 0 Å². The van der Waals surface area contributed by atoms with Gasteiger partial charge in [0.05, 0.1) is 17.6 Å². The first-order chi connectivity index (χ1) is 17.7. The van der Waals surface area contributed by atoms with E-state index >= 15 is 0 Å². The van der Waals surface area contributed by atoms with Gasteiger partial charge in [0, 0.05) is 34.8 Å². The Bertz CT molecular complexity index is 1390. The summed E-state index contributed by atoms with van der Waals surface area (Å²) in [5.74, 6) is -0.844. The number of sulfonamides is 1. The standard InChI is InChI=1S/C23H22Cl2N4O5S3/c1-34-21(31)15-5-2-3-8-19(15)37(32,33)29-11-9-14(10-12-29)20(30)26-22-27-28-23(36-22)35-13-16-17(24)6-4-7-18(16)25/h2-8,14H,9-13H2,1H3,(H,26,27,30). The van der Waals surface area contributed by atoms with Crippen LogP contribution in [-0.2, 0) is 25.3 Å². The topological polar surface area (TPSA) is 119 Å². The van der Waals surface area contributed by atoms with E-state index in [0.29, 0.717) is 38.1 Å². The number of ether oxygens (including phenoxy) is 1. The normalized spacial score (nSPS) is 14.9. The molecule has 1 amide bonds. The van der Waals surface area contributed by atoms with Crippen molar-refractivity contribution in [2.24, 2.45) is 5.92 Å². The maximum absolute atomic E-state index is 13.2. The number of hydrogen-bond acceptors (Lipinski definition) is 9. The smallest absolute Gasteiger partial charge is 0.339 e. The van der Waals surface area contributed by atoms with Gasteiger partial charge in [-0.2, -0.15) is 4.31 Å². The third-order valence-electron chi connectivity index (χ3n) is 5.77. The number of thioether (sulfide) groups is 1. The maximum atomic E-state index is 13.2. The van der Waals surface area contributed by atoms with E-state index in [2.05, 4.69) is 15.5 Å². The maximum Gasteiger partial charge on any atom is 0.339 e. The minimum Gasteiger partial charge on any atom is -0.465 e. The Morgan fingerprint density at radius 3 is 2.46 bits per heavy atom. The van der Waals surface area contributed by atoms with Gasteiger partial charge >= 0.3 is 5.97 Å². The number of hydrogen-bond donors (Lipinski definition) is 1. The molecule has 1 fully saturated rings. The summed E-state index contributed by atoms with van der Waals surface area (Å²) < 4.78 is 33.0. The van der Waals surface area contributed by atoms with Crippen LogP contribution in [0, 0.1) is 5.92 Å². The number of methoxy groups -OCH3 is 1. The van der Waals surface area contributed by atoms with Crippen molar-refractivity contribution in [1.82, 2.24) is 14.5 Å². The number of carbonyl (C=O) groups excluding carboxylic acids is 2. The van der Waals surface area contributed by atoms with E-state index in [0.717, 1.165) is 5.56 Å². The zero-order chi connectivity index (χ0) is 26.6. The van der Waals surface area contributed by atoms with Gasteiger partial charge in [0.2, 0.25) is 21.1 Å². The Hall–Kier alpha value is -2.22. The van der Waals surface area contributed by atoms with E-state index in [1.165, 1.54) is 46.6 Å². The quantitative estimate of drug-likeness (QED) is 0.219. The molecule has 0 bridgehead atoms. The molecule has 1 aliphatic heterocycles. The van der Waals surface area contributed by atoms with Crippen LogP contribution in [0.2, 0.25) is 10.0 Å². The molecule has 1 aliphatic rings. The van der Waals surface area contributed by atoms with Gasteiger partial charge in [-0.3, -0.25) is 4.79 Å². The molecule has 0 spiro atoms. The second-order valence-corrected chi connectivity index (χ2v) is 12.9. The van der Waals surface area contributed by atoms with Crippen LogP contribution in [0.25, 0.3) is 0 Å². The predicted octanol–water partition coefficient (Wildman–Crippen LogP) is 4.96. The van der Waals surface area contributed by atoms with E-state index in [9.17, 15) is 18.0 Å². The van der Waals surface area contributed by atoms with E-state index in [1.54, 1.807) is 30.3 Å². The van der Waals surface area contributed by atoms with Crippen molar-refractivity contribution < 1.29 is 22.7 Å². The summed E-state index contributed by atoms with van der Waals surface area (Å²) in [5.41, 5.74) is 0.777. The Morgan fingerprint density at radius 1 is 1.11 bits per heavy atom. The molecule has 37 heavy (non-hydrogen) atoms. The molecule has 9 nitrogen and oxygen atoms in total. The molecule has 0 saturated carbocycles. The fourth-order valence-electron chi connectivity index (χ4n) is 3.80. The Morgan fingerprint density at radius 2 is 1.78 bits per heavy atom. The molecule has 2 aromatic carbocycles. The Labute approximate surface area is 232 Å². The molecule has 14 heteroatoms. The Kier molecular flexibility index (Phi) is 9.09. The van der Waals surface area contributed by atoms with Crippen LogP contribution in [-0.4, -0.2) is 55.0 Å². The van der Waals surface area contributed by atoms with Crippen molar-refractivity contribution in [3.8, 4) is 0 Å². The lowest BCUT2D eigenvalue weighted by molar-refractivity contribution is -0.120. The summed E-state index contributed by atoms with van der Waals surface area (Å²) in [6.45, 7) is 0.289. The number of amides is 1. The Balaban J connectivity index is 1.33. The molecule has 2 heterocycles. The summed E-state index contributed by atoms with van der Waals surface area (Å²) in [7, 11) is -2.73. The second-order valence-electron chi connectivity index (χ2n) is 8.02. The first-order valence-electron chi connectivity index (χ1n) is 11.1. The highest BCUT2D eigenvalue weighted by Crippen LogP contribution is 2.34. The van der Waals surface area contributed by atoms with E-state index in [4.69, 9.17) is 27.9 Å². The van der Waals surface area contributed by atoms with Gasteiger partial charge in [0.15, 0.2) is 4.34 Å². The molecule has 0 unspecified atom stereocenters. The fourth-order valence-corrected chi connectivity index (χ4v) is 7.94. The van der Waals surface area contributed by atoms with Gasteiger partial charge in [0.1, 0.15) is 0 Å². The van der Waals surface area contributed by atoms with Crippen molar-refractivity contribution in [3.05, 3.63) is 63.6 Å². The fraction of sp³-hybridized carbons (Fsp3) is 0.304. The molecule has 1 saturated heterocycles. The molecule has 1 aromatic heterocycles. The van der Waals surface area contributed by atoms with Gasteiger partial charge in [0.25, 0.3) is 0 Å². The van der Waals surface area contributed by atoms with Crippen LogP contribution in [0.4, 0.5) is 5.13 Å². The minimum atomic E-state index is -3.93. The lowest BCUT2D eigenvalue weighted by Gasteiger charge is -2.30. The lowest BCUT2D eigenvalue weighted by Crippen LogP contribution is -2.41. The van der Waals surface area contributed by atoms with E-state index < -0.39 is 16.0 Å². The third-order valence-corrected chi connectivity index (χ3v) is 10.4. The number of rotatable bonds is 8. The number of carbonyl (C=O) groups is 2.